The largest absolute Gasteiger partial charge is 0.543 e. The highest BCUT2D eigenvalue weighted by Crippen LogP contribution is 2.39. The Labute approximate surface area is 156 Å². The molecule has 140 valence electrons. The number of carboxylic acid groups (broad SMARTS) is 1. The van der Waals surface area contributed by atoms with E-state index in [0.717, 1.165) is 0 Å². The molecule has 10 heteroatoms. The fourth-order valence-electron chi connectivity index (χ4n) is 2.63. The summed E-state index contributed by atoms with van der Waals surface area (Å²) >= 11 is 1.42. The van der Waals surface area contributed by atoms with Gasteiger partial charge in [0.1, 0.15) is 11.4 Å². The van der Waals surface area contributed by atoms with Crippen molar-refractivity contribution in [1.29, 1.82) is 0 Å². The molecule has 0 aromatic rings. The number of quaternary nitrogens is 1. The predicted octanol–water partition coefficient (Wildman–Crippen LogP) is -1.84. The maximum absolute atomic E-state index is 11.8. The lowest BCUT2D eigenvalue weighted by Gasteiger charge is -2.49. The number of halogens is 1. The van der Waals surface area contributed by atoms with Crippen LogP contribution in [-0.2, 0) is 14.4 Å². The van der Waals surface area contributed by atoms with Gasteiger partial charge in [0.05, 0.1) is 32.3 Å². The highest BCUT2D eigenvalue weighted by molar-refractivity contribution is 8.00. The van der Waals surface area contributed by atoms with Gasteiger partial charge in [0.25, 0.3) is 5.91 Å². The molecule has 0 unspecified atom stereocenters. The van der Waals surface area contributed by atoms with Crippen LogP contribution in [0.25, 0.3) is 0 Å². The molecular formula is C15H23ClN4O4S. The highest BCUT2D eigenvalue weighted by atomic mass is 35.5. The van der Waals surface area contributed by atoms with Crippen LogP contribution in [0, 0.1) is 0 Å². The topological polar surface area (TPSA) is 130 Å². The number of primary amides is 1. The Kier molecular flexibility index (Phi) is 6.68. The zero-order chi connectivity index (χ0) is 18.2. The van der Waals surface area contributed by atoms with Crippen LogP contribution in [0.3, 0.4) is 0 Å². The van der Waals surface area contributed by atoms with Gasteiger partial charge < -0.3 is 25.9 Å². The number of nitrogens with two attached hydrogens (primary N) is 2. The van der Waals surface area contributed by atoms with Gasteiger partial charge in [-0.15, -0.1) is 24.2 Å². The molecule has 0 aromatic carbocycles. The van der Waals surface area contributed by atoms with Crippen molar-refractivity contribution in [2.45, 2.75) is 24.4 Å². The number of rotatable bonds is 6. The van der Waals surface area contributed by atoms with Crippen molar-refractivity contribution in [3.05, 3.63) is 23.4 Å². The van der Waals surface area contributed by atoms with E-state index in [1.165, 1.54) is 16.7 Å². The number of amides is 2. The van der Waals surface area contributed by atoms with Crippen LogP contribution in [0.2, 0.25) is 0 Å². The van der Waals surface area contributed by atoms with Gasteiger partial charge in [0.2, 0.25) is 5.91 Å². The Morgan fingerprint density at radius 2 is 2.08 bits per heavy atom. The summed E-state index contributed by atoms with van der Waals surface area (Å²) < 4.78 is 0.336. The summed E-state index contributed by atoms with van der Waals surface area (Å²) in [6.07, 6.45) is 3.45. The monoisotopic (exact) mass is 390 g/mol. The van der Waals surface area contributed by atoms with Gasteiger partial charge in [-0.05, 0) is 18.6 Å². The zero-order valence-corrected chi connectivity index (χ0v) is 15.9. The molecule has 2 amide bonds. The minimum atomic E-state index is -1.39. The number of hydrogen-bond acceptors (Lipinski definition) is 6. The first-order valence-corrected chi connectivity index (χ1v) is 8.56. The average molecular weight is 391 g/mol. The Balaban J connectivity index is 0.00000312. The van der Waals surface area contributed by atoms with Gasteiger partial charge in [-0.1, -0.05) is 6.08 Å². The standard InChI is InChI=1S/C15H22N4O4S.ClH/c1-8(12(17)20)19(2,3)6-4-5-9-7-24-14-10(16)13(21)18(14)11(9)15(22)23;/h4-5,8,10,14H,6-7,16H2,1-3H3,(H2-,17,20,22,23);1H/b5-4+;/t8-,10-,14-;/m1./s1. The molecule has 0 saturated carbocycles. The lowest BCUT2D eigenvalue weighted by Crippen LogP contribution is -2.69. The van der Waals surface area contributed by atoms with E-state index in [1.54, 1.807) is 19.1 Å². The summed E-state index contributed by atoms with van der Waals surface area (Å²) in [7, 11) is 3.72. The van der Waals surface area contributed by atoms with Crippen LogP contribution in [0.4, 0.5) is 0 Å². The van der Waals surface area contributed by atoms with Crippen molar-refractivity contribution in [2.75, 3.05) is 26.4 Å². The highest BCUT2D eigenvalue weighted by Gasteiger charge is 2.49. The number of carbonyl (C=O) groups is 3. The summed E-state index contributed by atoms with van der Waals surface area (Å²) in [5, 5.41) is 11.1. The van der Waals surface area contributed by atoms with Gasteiger partial charge >= 0.3 is 0 Å². The third-order valence-corrected chi connectivity index (χ3v) is 5.91. The lowest BCUT2D eigenvalue weighted by atomic mass is 10.0. The van der Waals surface area contributed by atoms with E-state index < -0.39 is 23.8 Å². The van der Waals surface area contributed by atoms with Gasteiger partial charge in [0, 0.05) is 5.75 Å². The van der Waals surface area contributed by atoms with Gasteiger partial charge in [0.15, 0.2) is 6.04 Å². The number of aliphatic carboxylic acids is 1. The Hall–Kier alpha value is -1.55. The van der Waals surface area contributed by atoms with E-state index in [1.807, 2.05) is 14.1 Å². The maximum Gasteiger partial charge on any atom is 0.275 e. The molecule has 2 rings (SSSR count). The van der Waals surface area contributed by atoms with Crippen molar-refractivity contribution < 1.29 is 24.0 Å². The minimum Gasteiger partial charge on any atom is -0.543 e. The molecular weight excluding hydrogens is 368 g/mol. The number of carboxylic acids is 1. The Bertz CT molecular complexity index is 649. The third kappa shape index (κ3) is 4.00. The molecule has 1 saturated heterocycles. The smallest absolute Gasteiger partial charge is 0.275 e. The number of allylic oxidation sites excluding steroid dienone is 1. The van der Waals surface area contributed by atoms with Crippen LogP contribution in [-0.4, -0.2) is 71.0 Å². The first-order chi connectivity index (χ1) is 11.1. The summed E-state index contributed by atoms with van der Waals surface area (Å²) in [6, 6.07) is -1.05. The van der Waals surface area contributed by atoms with Crippen molar-refractivity contribution in [3.63, 3.8) is 0 Å². The molecule has 2 aliphatic heterocycles. The van der Waals surface area contributed by atoms with Gasteiger partial charge in [-0.2, -0.15) is 0 Å². The minimum absolute atomic E-state index is 0. The molecule has 1 fully saturated rings. The summed E-state index contributed by atoms with van der Waals surface area (Å²) in [6.45, 7) is 2.22. The second-order valence-electron chi connectivity index (χ2n) is 6.54. The van der Waals surface area contributed by atoms with Crippen LogP contribution in [0.1, 0.15) is 6.92 Å². The number of hydrogen-bond donors (Lipinski definition) is 2. The number of fused-ring (bicyclic) bond motifs is 1. The van der Waals surface area contributed by atoms with Crippen LogP contribution < -0.4 is 16.6 Å². The number of β-lactam (4-membered cyclic amide) rings is 1. The summed E-state index contributed by atoms with van der Waals surface area (Å²) in [5.74, 6) is -1.77. The van der Waals surface area contributed by atoms with E-state index >= 15 is 0 Å². The van der Waals surface area contributed by atoms with Gasteiger partial charge in [-0.25, -0.2) is 0 Å². The molecule has 0 spiro atoms. The van der Waals surface area contributed by atoms with Crippen LogP contribution in [0.15, 0.2) is 23.4 Å². The number of likely N-dealkylation sites (N-methyl/N-ethyl adjacent to an activating group) is 1. The Morgan fingerprint density at radius 1 is 1.48 bits per heavy atom. The van der Waals surface area contributed by atoms with E-state index in [9.17, 15) is 19.5 Å². The SMILES string of the molecule is C[C@H](C(N)=O)[N+](C)(C)C/C=C/C1=C(C(=O)[O-])N2C(=O)[C@@H](N)[C@H]2SC1.Cl. The molecule has 4 N–H and O–H groups in total. The molecule has 0 aromatic heterocycles. The summed E-state index contributed by atoms with van der Waals surface area (Å²) in [4.78, 5) is 35.8. The van der Waals surface area contributed by atoms with Crippen LogP contribution in [0.5, 0.6) is 0 Å². The molecule has 2 heterocycles. The fraction of sp³-hybridized carbons (Fsp3) is 0.533. The van der Waals surface area contributed by atoms with E-state index in [-0.39, 0.29) is 29.5 Å². The Morgan fingerprint density at radius 3 is 2.60 bits per heavy atom. The fourth-order valence-corrected chi connectivity index (χ4v) is 3.89. The second kappa shape index (κ2) is 7.77. The molecule has 0 aliphatic carbocycles. The second-order valence-corrected chi connectivity index (χ2v) is 7.64. The lowest BCUT2D eigenvalue weighted by molar-refractivity contribution is -0.898. The predicted molar refractivity (Wildman–Crippen MR) is 95.1 cm³/mol. The molecule has 0 bridgehead atoms. The first-order valence-electron chi connectivity index (χ1n) is 7.51. The molecule has 0 radical (unpaired) electrons. The number of carbonyl (C=O) groups excluding carboxylic acids is 3. The average Bonchev–Trinajstić information content (AvgIpc) is 2.52. The van der Waals surface area contributed by atoms with Crippen molar-refractivity contribution in [1.82, 2.24) is 4.90 Å². The number of nitrogens with zero attached hydrogens (tertiary/aromatic N) is 2. The van der Waals surface area contributed by atoms with Crippen molar-refractivity contribution in [2.24, 2.45) is 11.5 Å². The van der Waals surface area contributed by atoms with Crippen molar-refractivity contribution in [3.8, 4) is 0 Å². The van der Waals surface area contributed by atoms with Crippen LogP contribution >= 0.6 is 24.2 Å². The van der Waals surface area contributed by atoms with Crippen molar-refractivity contribution >= 4 is 42.0 Å². The molecule has 25 heavy (non-hydrogen) atoms. The van der Waals surface area contributed by atoms with Gasteiger partial charge in [-0.3, -0.25) is 14.5 Å². The third-order valence-electron chi connectivity index (χ3n) is 4.59. The number of thioether (sulfide) groups is 1. The zero-order valence-electron chi connectivity index (χ0n) is 14.3. The summed E-state index contributed by atoms with van der Waals surface area (Å²) in [5.41, 5.74) is 11.4. The maximum atomic E-state index is 11.8. The van der Waals surface area contributed by atoms with E-state index in [2.05, 4.69) is 0 Å². The molecule has 8 nitrogen and oxygen atoms in total. The molecule has 2 aliphatic rings. The molecule has 3 atom stereocenters. The van der Waals surface area contributed by atoms with E-state index in [4.69, 9.17) is 11.5 Å². The quantitative estimate of drug-likeness (QED) is 0.405. The first kappa shape index (κ1) is 21.5. The normalized spacial score (nSPS) is 24.5. The van der Waals surface area contributed by atoms with E-state index in [0.29, 0.717) is 22.4 Å².